The van der Waals surface area contributed by atoms with Crippen LogP contribution in [-0.2, 0) is 18.9 Å². The highest BCUT2D eigenvalue weighted by Crippen LogP contribution is 2.40. The van der Waals surface area contributed by atoms with E-state index in [-0.39, 0.29) is 46.8 Å². The molecular formula is C46H66Cl2N12O12. The molecule has 4 heterocycles. The number of halogens is 2. The zero-order valence-corrected chi connectivity index (χ0v) is 44.0. The van der Waals surface area contributed by atoms with Crippen molar-refractivity contribution in [3.05, 3.63) is 23.2 Å². The van der Waals surface area contributed by atoms with Gasteiger partial charge in [0, 0.05) is 12.1 Å². The predicted molar refractivity (Wildman–Crippen MR) is 261 cm³/mol. The minimum absolute atomic E-state index is 0.0979. The average Bonchev–Trinajstić information content (AvgIpc) is 3.98. The molecule has 0 radical (unpaired) electrons. The fourth-order valence-corrected chi connectivity index (χ4v) is 9.54. The number of rotatable bonds is 8. The zero-order chi connectivity index (χ0) is 53.2. The number of nitrogens with one attached hydrogen (secondary N) is 2. The minimum Gasteiger partial charge on any atom is -0.443 e. The third-order valence-electron chi connectivity index (χ3n) is 12.2. The number of imide groups is 2. The second kappa shape index (κ2) is 20.1. The summed E-state index contributed by atoms with van der Waals surface area (Å²) in [6.45, 7) is 19.7. The van der Waals surface area contributed by atoms with E-state index < -0.39 is 95.4 Å². The van der Waals surface area contributed by atoms with Gasteiger partial charge < -0.3 is 59.1 Å². The Balaban J connectivity index is 1.04. The summed E-state index contributed by atoms with van der Waals surface area (Å²) in [7, 11) is 0. The van der Waals surface area contributed by atoms with E-state index in [2.05, 4.69) is 40.5 Å². The van der Waals surface area contributed by atoms with Crippen LogP contribution in [0.25, 0.3) is 22.3 Å². The van der Waals surface area contributed by atoms with E-state index in [1.807, 2.05) is 0 Å². The van der Waals surface area contributed by atoms with E-state index in [0.717, 1.165) is 0 Å². The van der Waals surface area contributed by atoms with Gasteiger partial charge in [-0.2, -0.15) is 19.9 Å². The van der Waals surface area contributed by atoms with Crippen molar-refractivity contribution in [2.24, 2.45) is 0 Å². The lowest BCUT2D eigenvalue weighted by atomic mass is 9.91. The molecule has 0 aliphatic heterocycles. The Labute approximate surface area is 426 Å². The maximum Gasteiger partial charge on any atom is 0.420 e. The van der Waals surface area contributed by atoms with E-state index >= 15 is 0 Å². The third-order valence-corrected chi connectivity index (χ3v) is 12.5. The normalized spacial score (nSPS) is 26.1. The third kappa shape index (κ3) is 12.2. The number of carbonyl (C=O) groups is 4. The van der Waals surface area contributed by atoms with Crippen LogP contribution in [0.15, 0.2) is 12.7 Å². The lowest BCUT2D eigenvalue weighted by Crippen LogP contribution is -2.52. The number of anilines is 2. The first kappa shape index (κ1) is 54.4. The molecule has 3 fully saturated rings. The Morgan fingerprint density at radius 2 is 0.819 bits per heavy atom. The number of hydrogen-bond donors (Lipinski definition) is 6. The number of aromatic nitrogens is 8. The van der Waals surface area contributed by atoms with Crippen LogP contribution in [-0.4, -0.2) is 165 Å². The molecule has 3 saturated carbocycles. The van der Waals surface area contributed by atoms with Gasteiger partial charge in [0.1, 0.15) is 46.8 Å². The Hall–Kier alpha value is -5.40. The largest absolute Gasteiger partial charge is 0.443 e. The fraction of sp³-hybridized carbons (Fsp3) is 0.696. The highest BCUT2D eigenvalue weighted by Gasteiger charge is 2.52. The summed E-state index contributed by atoms with van der Waals surface area (Å²) >= 11 is 13.0. The van der Waals surface area contributed by atoms with Gasteiger partial charge in [-0.05, 0) is 145 Å². The van der Waals surface area contributed by atoms with Gasteiger partial charge in [-0.15, -0.1) is 0 Å². The first-order valence-electron chi connectivity index (χ1n) is 23.8. The molecule has 3 aliphatic carbocycles. The van der Waals surface area contributed by atoms with E-state index in [1.165, 1.54) is 21.8 Å². The molecule has 0 aromatic carbocycles. The molecule has 4 aromatic heterocycles. The molecule has 3 aliphatic rings. The van der Waals surface area contributed by atoms with Crippen molar-refractivity contribution in [1.82, 2.24) is 48.8 Å². The molecule has 7 rings (SSSR count). The molecule has 8 atom stereocenters. The molecule has 4 amide bonds. The second-order valence-corrected chi connectivity index (χ2v) is 23.2. The van der Waals surface area contributed by atoms with E-state index in [0.29, 0.717) is 58.2 Å². The molecule has 72 heavy (non-hydrogen) atoms. The van der Waals surface area contributed by atoms with Gasteiger partial charge in [0.25, 0.3) is 0 Å². The van der Waals surface area contributed by atoms with Crippen molar-refractivity contribution in [3.63, 3.8) is 0 Å². The van der Waals surface area contributed by atoms with Crippen LogP contribution in [0.2, 0.25) is 10.6 Å². The van der Waals surface area contributed by atoms with Crippen LogP contribution in [0.3, 0.4) is 0 Å². The number of nitrogens with zero attached hydrogens (tertiary/aromatic N) is 10. The van der Waals surface area contributed by atoms with Gasteiger partial charge in [-0.3, -0.25) is 0 Å². The monoisotopic (exact) mass is 1050 g/mol. The molecule has 1 unspecified atom stereocenters. The highest BCUT2D eigenvalue weighted by atomic mass is 35.5. The number of aliphatic hydroxyl groups excluding tert-OH is 4. The van der Waals surface area contributed by atoms with Crippen molar-refractivity contribution in [3.8, 4) is 0 Å². The zero-order valence-electron chi connectivity index (χ0n) is 42.5. The Morgan fingerprint density at radius 1 is 0.528 bits per heavy atom. The standard InChI is InChI=1S/C46H66Cl2N12O12/c1-43(2,3)69-39(65)59(40(66)70-44(4,5)6)25-17-23(29(61)31(25)63)57-19-49-27-33(53-37(47)55-35(27)57)51-21-13-15-22(16-14-21)52-34-28-36(56-38(48)54-34)58(20-50-28)24-18-26(32(64)30(24)62)60(41(67)71-45(7,8)9)42(68)72-46(10,11)12/h19-26,29-32,61-64H,13-18H2,1-12H3,(H,51,53,55)(H,52,54,56)/t21?,22?,23-,24?,25+,26+,29+,30+,31-,32-/m1/s1. The summed E-state index contributed by atoms with van der Waals surface area (Å²) in [5.74, 6) is 0.677. The molecule has 396 valence electrons. The number of amides is 4. The predicted octanol–water partition coefficient (Wildman–Crippen LogP) is 6.52. The average molecular weight is 1050 g/mol. The number of aliphatic hydroxyl groups is 4. The van der Waals surface area contributed by atoms with Gasteiger partial charge in [-0.1, -0.05) is 0 Å². The first-order valence-corrected chi connectivity index (χ1v) is 24.6. The Bertz CT molecular complexity index is 2430. The number of ether oxygens (including phenoxy) is 4. The van der Waals surface area contributed by atoms with Crippen molar-refractivity contribution in [2.75, 3.05) is 10.6 Å². The number of carbonyl (C=O) groups excluding carboxylic acids is 4. The molecular weight excluding hydrogens is 983 g/mol. The van der Waals surface area contributed by atoms with Crippen LogP contribution in [0.1, 0.15) is 134 Å². The van der Waals surface area contributed by atoms with Crippen molar-refractivity contribution < 1.29 is 58.6 Å². The van der Waals surface area contributed by atoms with Crippen molar-refractivity contribution in [2.45, 2.75) is 205 Å². The molecule has 0 spiro atoms. The van der Waals surface area contributed by atoms with Crippen LogP contribution in [0, 0.1) is 0 Å². The Kier molecular flexibility index (Phi) is 15.2. The summed E-state index contributed by atoms with van der Waals surface area (Å²) in [5.41, 5.74) is -2.78. The van der Waals surface area contributed by atoms with Crippen LogP contribution in [0.4, 0.5) is 30.8 Å². The summed E-state index contributed by atoms with van der Waals surface area (Å²) < 4.78 is 25.2. The molecule has 26 heteroatoms. The number of imidazole rings is 2. The summed E-state index contributed by atoms with van der Waals surface area (Å²) in [5, 5.41) is 52.3. The van der Waals surface area contributed by atoms with E-state index in [1.54, 1.807) is 83.1 Å². The second-order valence-electron chi connectivity index (χ2n) is 22.5. The molecule has 4 aromatic rings. The lowest BCUT2D eigenvalue weighted by Gasteiger charge is -2.33. The molecule has 0 bridgehead atoms. The van der Waals surface area contributed by atoms with Gasteiger partial charge in [0.2, 0.25) is 10.6 Å². The molecule has 24 nitrogen and oxygen atoms in total. The van der Waals surface area contributed by atoms with Crippen LogP contribution in [0.5, 0.6) is 0 Å². The first-order chi connectivity index (χ1) is 33.3. The van der Waals surface area contributed by atoms with Gasteiger partial charge in [0.05, 0.1) is 36.8 Å². The number of hydrogen-bond acceptors (Lipinski definition) is 20. The highest BCUT2D eigenvalue weighted by molar-refractivity contribution is 6.29. The van der Waals surface area contributed by atoms with Crippen LogP contribution >= 0.6 is 23.2 Å². The molecule has 6 N–H and O–H groups in total. The smallest absolute Gasteiger partial charge is 0.420 e. The lowest BCUT2D eigenvalue weighted by molar-refractivity contribution is -0.0361. The summed E-state index contributed by atoms with van der Waals surface area (Å²) in [6, 6.07) is -4.51. The van der Waals surface area contributed by atoms with Gasteiger partial charge >= 0.3 is 24.4 Å². The van der Waals surface area contributed by atoms with E-state index in [4.69, 9.17) is 42.1 Å². The summed E-state index contributed by atoms with van der Waals surface area (Å²) in [6.07, 6.45) is -5.04. The van der Waals surface area contributed by atoms with Crippen molar-refractivity contribution in [1.29, 1.82) is 0 Å². The van der Waals surface area contributed by atoms with Crippen LogP contribution < -0.4 is 10.6 Å². The summed E-state index contributed by atoms with van der Waals surface area (Å²) in [4.78, 5) is 82.1. The van der Waals surface area contributed by atoms with Gasteiger partial charge in [0.15, 0.2) is 34.0 Å². The van der Waals surface area contributed by atoms with Gasteiger partial charge in [-0.25, -0.2) is 38.9 Å². The minimum atomic E-state index is -1.59. The van der Waals surface area contributed by atoms with E-state index in [9.17, 15) is 39.6 Å². The maximum atomic E-state index is 13.5. The number of fused-ring (bicyclic) bond motifs is 2. The fourth-order valence-electron chi connectivity index (χ4n) is 9.21. The quantitative estimate of drug-likeness (QED) is 0.0808. The topological polar surface area (TPSA) is 304 Å². The maximum absolute atomic E-state index is 13.5. The molecule has 0 saturated heterocycles. The Morgan fingerprint density at radius 3 is 1.10 bits per heavy atom. The van der Waals surface area contributed by atoms with Crippen molar-refractivity contribution >= 4 is 81.5 Å². The SMILES string of the molecule is CC(C)(C)OC(=O)N(C(=O)OC(C)(C)C)[C@H]1C[C@@H](n2cnc3c(NC4CCC(Nc5nc(Cl)nc6c5ncn6C5C[C@H](N(C(=O)OC(C)(C)C)C(=O)OC(C)(C)C)[C@@H](O)[C@H]5O)CC4)nc(Cl)nc32)[C@H](O)[C@@H]1O.